The number of hydrogen-bond acceptors (Lipinski definition) is 1. The average Bonchev–Trinajstić information content (AvgIpc) is 2.47. The summed E-state index contributed by atoms with van der Waals surface area (Å²) in [5.41, 5.74) is 3.16. The first-order valence-electron chi connectivity index (χ1n) is 7.75. The highest BCUT2D eigenvalue weighted by molar-refractivity contribution is 9.10. The van der Waals surface area contributed by atoms with Crippen LogP contribution in [0.3, 0.4) is 0 Å². The van der Waals surface area contributed by atoms with Gasteiger partial charge in [0.25, 0.3) is 0 Å². The Balaban J connectivity index is 1.91. The van der Waals surface area contributed by atoms with E-state index in [4.69, 9.17) is 0 Å². The molecule has 0 radical (unpaired) electrons. The van der Waals surface area contributed by atoms with Gasteiger partial charge in [0, 0.05) is 16.7 Å². The minimum absolute atomic E-state index is 0.0137. The van der Waals surface area contributed by atoms with Crippen molar-refractivity contribution in [1.29, 1.82) is 0 Å². The number of amides is 2. The largest absolute Gasteiger partial charge is 0.338 e. The van der Waals surface area contributed by atoms with Gasteiger partial charge in [0.15, 0.2) is 0 Å². The fourth-order valence-corrected chi connectivity index (χ4v) is 2.87. The Bertz CT molecular complexity index is 677. The molecule has 0 saturated carbocycles. The van der Waals surface area contributed by atoms with Crippen LogP contribution in [0.15, 0.2) is 53.0 Å². The Morgan fingerprint density at radius 1 is 1.09 bits per heavy atom. The maximum atomic E-state index is 12.1. The van der Waals surface area contributed by atoms with Crippen LogP contribution >= 0.6 is 15.9 Å². The summed E-state index contributed by atoms with van der Waals surface area (Å²) >= 11 is 3.45. The lowest BCUT2D eigenvalue weighted by Gasteiger charge is -2.23. The van der Waals surface area contributed by atoms with Gasteiger partial charge < -0.3 is 10.6 Å². The monoisotopic (exact) mass is 374 g/mol. The van der Waals surface area contributed by atoms with Gasteiger partial charge in [-0.2, -0.15) is 0 Å². The van der Waals surface area contributed by atoms with E-state index in [-0.39, 0.29) is 11.4 Å². The molecule has 2 N–H and O–H groups in total. The molecular weight excluding hydrogens is 352 g/mol. The highest BCUT2D eigenvalue weighted by Gasteiger charge is 2.18. The number of urea groups is 1. The van der Waals surface area contributed by atoms with E-state index in [0.29, 0.717) is 6.54 Å². The first-order valence-corrected chi connectivity index (χ1v) is 8.54. The summed E-state index contributed by atoms with van der Waals surface area (Å²) in [6.07, 6.45) is 0.799. The van der Waals surface area contributed by atoms with Crippen LogP contribution in [0.4, 0.5) is 10.5 Å². The molecule has 4 heteroatoms. The molecule has 0 saturated heterocycles. The van der Waals surface area contributed by atoms with Crippen LogP contribution in [-0.2, 0) is 11.8 Å². The lowest BCUT2D eigenvalue weighted by molar-refractivity contribution is 0.252. The number of hydrogen-bond donors (Lipinski definition) is 2. The van der Waals surface area contributed by atoms with Crippen molar-refractivity contribution in [1.82, 2.24) is 5.32 Å². The molecule has 0 aliphatic rings. The minimum Gasteiger partial charge on any atom is -0.338 e. The zero-order chi connectivity index (χ0) is 16.9. The molecule has 2 amide bonds. The van der Waals surface area contributed by atoms with E-state index in [1.165, 1.54) is 5.56 Å². The molecule has 0 unspecified atom stereocenters. The van der Waals surface area contributed by atoms with E-state index in [1.807, 2.05) is 30.3 Å². The number of carbonyl (C=O) groups excluding carboxylic acids is 1. The summed E-state index contributed by atoms with van der Waals surface area (Å²) in [6.45, 7) is 7.01. The molecule has 2 rings (SSSR count). The Morgan fingerprint density at radius 2 is 1.83 bits per heavy atom. The van der Waals surface area contributed by atoms with E-state index in [2.05, 4.69) is 65.5 Å². The van der Waals surface area contributed by atoms with E-state index < -0.39 is 0 Å². The number of benzene rings is 2. The van der Waals surface area contributed by atoms with Crippen LogP contribution in [0.2, 0.25) is 0 Å². The molecule has 0 aromatic heterocycles. The molecule has 0 atom stereocenters. The Kier molecular flexibility index (Phi) is 5.83. The lowest BCUT2D eigenvalue weighted by Crippen LogP contribution is -2.31. The molecular formula is C19H23BrN2O. The molecule has 0 heterocycles. The first-order chi connectivity index (χ1) is 10.9. The molecule has 0 bridgehead atoms. The third-order valence-corrected chi connectivity index (χ3v) is 4.06. The van der Waals surface area contributed by atoms with E-state index in [1.54, 1.807) is 0 Å². The van der Waals surface area contributed by atoms with Gasteiger partial charge >= 0.3 is 6.03 Å². The Morgan fingerprint density at radius 3 is 2.52 bits per heavy atom. The van der Waals surface area contributed by atoms with Crippen molar-refractivity contribution < 1.29 is 4.79 Å². The van der Waals surface area contributed by atoms with Crippen LogP contribution in [0, 0.1) is 0 Å². The summed E-state index contributed by atoms with van der Waals surface area (Å²) in [4.78, 5) is 12.1. The standard InChI is InChI=1S/C19H23BrN2O/c1-19(2,3)16-9-4-5-10-17(16)22-18(23)21-12-11-14-7-6-8-15(20)13-14/h4-10,13H,11-12H2,1-3H3,(H2,21,22,23). The molecule has 2 aromatic rings. The molecule has 3 nitrogen and oxygen atoms in total. The maximum absolute atomic E-state index is 12.1. The molecule has 0 aliphatic carbocycles. The molecule has 0 spiro atoms. The van der Waals surface area contributed by atoms with Gasteiger partial charge in [-0.15, -0.1) is 0 Å². The van der Waals surface area contributed by atoms with E-state index >= 15 is 0 Å². The SMILES string of the molecule is CC(C)(C)c1ccccc1NC(=O)NCCc1cccc(Br)c1. The van der Waals surface area contributed by atoms with Crippen LogP contribution < -0.4 is 10.6 Å². The van der Waals surface area contributed by atoms with Crippen LogP contribution in [-0.4, -0.2) is 12.6 Å². The maximum Gasteiger partial charge on any atom is 0.319 e. The predicted molar refractivity (Wildman–Crippen MR) is 100 cm³/mol. The minimum atomic E-state index is -0.170. The van der Waals surface area contributed by atoms with Gasteiger partial charge in [-0.25, -0.2) is 4.79 Å². The molecule has 0 aliphatic heterocycles. The van der Waals surface area contributed by atoms with Crippen molar-refractivity contribution >= 4 is 27.6 Å². The van der Waals surface area contributed by atoms with Crippen molar-refractivity contribution in [2.24, 2.45) is 0 Å². The molecule has 23 heavy (non-hydrogen) atoms. The highest BCUT2D eigenvalue weighted by atomic mass is 79.9. The number of para-hydroxylation sites is 1. The normalized spacial score (nSPS) is 11.1. The number of rotatable bonds is 4. The zero-order valence-electron chi connectivity index (χ0n) is 13.8. The summed E-state index contributed by atoms with van der Waals surface area (Å²) in [5.74, 6) is 0. The lowest BCUT2D eigenvalue weighted by atomic mass is 9.86. The quantitative estimate of drug-likeness (QED) is 0.766. The van der Waals surface area contributed by atoms with Crippen molar-refractivity contribution in [3.05, 3.63) is 64.1 Å². The van der Waals surface area contributed by atoms with E-state index in [9.17, 15) is 4.79 Å². The van der Waals surface area contributed by atoms with Crippen molar-refractivity contribution in [3.63, 3.8) is 0 Å². The van der Waals surface area contributed by atoms with Gasteiger partial charge in [-0.05, 0) is 41.2 Å². The first kappa shape index (κ1) is 17.5. The number of carbonyl (C=O) groups is 1. The third kappa shape index (κ3) is 5.39. The average molecular weight is 375 g/mol. The number of anilines is 1. The van der Waals surface area contributed by atoms with Crippen LogP contribution in [0.25, 0.3) is 0 Å². The van der Waals surface area contributed by atoms with Gasteiger partial charge in [-0.1, -0.05) is 67.0 Å². The van der Waals surface area contributed by atoms with Crippen LogP contribution in [0.1, 0.15) is 31.9 Å². The third-order valence-electron chi connectivity index (χ3n) is 3.57. The van der Waals surface area contributed by atoms with Crippen LogP contribution in [0.5, 0.6) is 0 Å². The van der Waals surface area contributed by atoms with Crippen molar-refractivity contribution in [3.8, 4) is 0 Å². The van der Waals surface area contributed by atoms with Gasteiger partial charge in [-0.3, -0.25) is 0 Å². The zero-order valence-corrected chi connectivity index (χ0v) is 15.4. The second-order valence-corrected chi connectivity index (χ2v) is 7.47. The molecule has 2 aromatic carbocycles. The van der Waals surface area contributed by atoms with E-state index in [0.717, 1.165) is 22.1 Å². The number of nitrogens with one attached hydrogen (secondary N) is 2. The molecule has 0 fully saturated rings. The van der Waals surface area contributed by atoms with Gasteiger partial charge in [0.05, 0.1) is 0 Å². The van der Waals surface area contributed by atoms with Crippen molar-refractivity contribution in [2.45, 2.75) is 32.6 Å². The molecule has 122 valence electrons. The van der Waals surface area contributed by atoms with Crippen molar-refractivity contribution in [2.75, 3.05) is 11.9 Å². The van der Waals surface area contributed by atoms with Gasteiger partial charge in [0.1, 0.15) is 0 Å². The Hall–Kier alpha value is -1.81. The second-order valence-electron chi connectivity index (χ2n) is 6.56. The summed E-state index contributed by atoms with van der Waals surface area (Å²) in [6, 6.07) is 15.9. The van der Waals surface area contributed by atoms with Gasteiger partial charge in [0.2, 0.25) is 0 Å². The smallest absolute Gasteiger partial charge is 0.319 e. The fourth-order valence-electron chi connectivity index (χ4n) is 2.43. The highest BCUT2D eigenvalue weighted by Crippen LogP contribution is 2.29. The second kappa shape index (κ2) is 7.64. The topological polar surface area (TPSA) is 41.1 Å². The summed E-state index contributed by atoms with van der Waals surface area (Å²) in [7, 11) is 0. The number of halogens is 1. The fraction of sp³-hybridized carbons (Fsp3) is 0.316. The predicted octanol–water partition coefficient (Wildman–Crippen LogP) is 5.11. The Labute approximate surface area is 146 Å². The summed E-state index contributed by atoms with van der Waals surface area (Å²) in [5, 5.41) is 5.87. The summed E-state index contributed by atoms with van der Waals surface area (Å²) < 4.78 is 1.05.